The lowest BCUT2D eigenvalue weighted by Crippen LogP contribution is -2.14. The smallest absolute Gasteiger partial charge is 0.255 e. The molecule has 0 radical (unpaired) electrons. The first-order valence-corrected chi connectivity index (χ1v) is 8.21. The van der Waals surface area contributed by atoms with Gasteiger partial charge in [-0.2, -0.15) is 0 Å². The van der Waals surface area contributed by atoms with E-state index < -0.39 is 0 Å². The van der Waals surface area contributed by atoms with Crippen LogP contribution in [-0.2, 0) is 6.54 Å². The normalized spacial score (nSPS) is 10.5. The summed E-state index contributed by atoms with van der Waals surface area (Å²) in [6.07, 6.45) is 3.20. The highest BCUT2D eigenvalue weighted by Gasteiger charge is 2.12. The van der Waals surface area contributed by atoms with Gasteiger partial charge in [0.2, 0.25) is 0 Å². The zero-order valence-corrected chi connectivity index (χ0v) is 14.7. The second-order valence-corrected chi connectivity index (χ2v) is 6.16. The summed E-state index contributed by atoms with van der Waals surface area (Å²) in [4.78, 5) is 16.8. The molecular formula is C19H18ClN3O2. The molecule has 0 aliphatic rings. The Labute approximate surface area is 151 Å². The van der Waals surface area contributed by atoms with Gasteiger partial charge < -0.3 is 15.1 Å². The molecule has 0 aliphatic heterocycles. The van der Waals surface area contributed by atoms with Gasteiger partial charge in [0, 0.05) is 11.8 Å². The predicted molar refractivity (Wildman–Crippen MR) is 99.2 cm³/mol. The number of anilines is 2. The van der Waals surface area contributed by atoms with Crippen molar-refractivity contribution < 1.29 is 9.21 Å². The number of benzene rings is 1. The van der Waals surface area contributed by atoms with Crippen LogP contribution in [0.5, 0.6) is 0 Å². The minimum atomic E-state index is -0.239. The summed E-state index contributed by atoms with van der Waals surface area (Å²) in [7, 11) is 0. The highest BCUT2D eigenvalue weighted by Crippen LogP contribution is 2.27. The Morgan fingerprint density at radius 2 is 2.08 bits per heavy atom. The number of aromatic nitrogens is 1. The van der Waals surface area contributed by atoms with E-state index in [1.54, 1.807) is 24.6 Å². The maximum atomic E-state index is 12.5. The van der Waals surface area contributed by atoms with Crippen LogP contribution in [0.15, 0.2) is 53.3 Å². The third kappa shape index (κ3) is 4.19. The number of hydrogen-bond acceptors (Lipinski definition) is 4. The van der Waals surface area contributed by atoms with Crippen molar-refractivity contribution in [1.82, 2.24) is 4.98 Å². The van der Waals surface area contributed by atoms with Crippen molar-refractivity contribution in [2.24, 2.45) is 0 Å². The number of carbonyl (C=O) groups is 1. The molecule has 25 heavy (non-hydrogen) atoms. The van der Waals surface area contributed by atoms with E-state index in [0.717, 1.165) is 16.9 Å². The fraction of sp³-hybridized carbons (Fsp3) is 0.158. The van der Waals surface area contributed by atoms with Crippen LogP contribution in [0.4, 0.5) is 11.5 Å². The molecule has 5 nitrogen and oxygen atoms in total. The first-order valence-electron chi connectivity index (χ1n) is 7.83. The molecule has 0 unspecified atom stereocenters. The molecule has 2 heterocycles. The summed E-state index contributed by atoms with van der Waals surface area (Å²) >= 11 is 6.25. The van der Waals surface area contributed by atoms with Gasteiger partial charge in [0.25, 0.3) is 5.91 Å². The number of nitrogens with zero attached hydrogens (tertiary/aromatic N) is 1. The quantitative estimate of drug-likeness (QED) is 0.689. The maximum Gasteiger partial charge on any atom is 0.255 e. The third-order valence-corrected chi connectivity index (χ3v) is 4.01. The monoisotopic (exact) mass is 355 g/mol. The lowest BCUT2D eigenvalue weighted by molar-refractivity contribution is 0.102. The van der Waals surface area contributed by atoms with Crippen LogP contribution < -0.4 is 10.6 Å². The standard InChI is InChI=1S/C19H18ClN3O2/c1-12-8-13(2)18(16(20)9-12)23-19(24)14-5-6-21-17(10-14)22-11-15-4-3-7-25-15/h3-10H,11H2,1-2H3,(H,21,22)(H,23,24). The lowest BCUT2D eigenvalue weighted by atomic mass is 10.1. The zero-order valence-electron chi connectivity index (χ0n) is 14.0. The van der Waals surface area contributed by atoms with Crippen molar-refractivity contribution in [2.75, 3.05) is 10.6 Å². The summed E-state index contributed by atoms with van der Waals surface area (Å²) in [6, 6.07) is 10.8. The fourth-order valence-electron chi connectivity index (χ4n) is 2.52. The van der Waals surface area contributed by atoms with Gasteiger partial charge in [0.1, 0.15) is 11.6 Å². The van der Waals surface area contributed by atoms with E-state index in [4.69, 9.17) is 16.0 Å². The minimum Gasteiger partial charge on any atom is -0.467 e. The first-order chi connectivity index (χ1) is 12.0. The molecule has 3 rings (SSSR count). The van der Waals surface area contributed by atoms with Gasteiger partial charge in [-0.3, -0.25) is 4.79 Å². The molecule has 0 bridgehead atoms. The van der Waals surface area contributed by atoms with Gasteiger partial charge in [-0.05, 0) is 55.3 Å². The Kier molecular flexibility index (Phi) is 5.05. The van der Waals surface area contributed by atoms with Crippen molar-refractivity contribution in [1.29, 1.82) is 0 Å². The zero-order chi connectivity index (χ0) is 17.8. The van der Waals surface area contributed by atoms with Crippen LogP contribution in [0, 0.1) is 13.8 Å². The number of amides is 1. The Morgan fingerprint density at radius 3 is 2.80 bits per heavy atom. The number of aryl methyl sites for hydroxylation is 2. The van der Waals surface area contributed by atoms with Crippen molar-refractivity contribution in [3.63, 3.8) is 0 Å². The second-order valence-electron chi connectivity index (χ2n) is 5.76. The largest absolute Gasteiger partial charge is 0.467 e. The molecule has 0 saturated heterocycles. The van der Waals surface area contributed by atoms with E-state index in [-0.39, 0.29) is 5.91 Å². The molecule has 1 aromatic carbocycles. The van der Waals surface area contributed by atoms with Gasteiger partial charge in [-0.1, -0.05) is 17.7 Å². The summed E-state index contributed by atoms with van der Waals surface area (Å²) in [6.45, 7) is 4.37. The second kappa shape index (κ2) is 7.40. The van der Waals surface area contributed by atoms with Crippen LogP contribution >= 0.6 is 11.6 Å². The van der Waals surface area contributed by atoms with E-state index in [1.807, 2.05) is 38.1 Å². The molecule has 2 N–H and O–H groups in total. The van der Waals surface area contributed by atoms with Gasteiger partial charge in [0.05, 0.1) is 23.5 Å². The Bertz CT molecular complexity index is 868. The lowest BCUT2D eigenvalue weighted by Gasteiger charge is -2.12. The van der Waals surface area contributed by atoms with Gasteiger partial charge in [-0.25, -0.2) is 4.98 Å². The van der Waals surface area contributed by atoms with Crippen LogP contribution in [-0.4, -0.2) is 10.9 Å². The minimum absolute atomic E-state index is 0.239. The van der Waals surface area contributed by atoms with E-state index in [1.165, 1.54) is 0 Å². The van der Waals surface area contributed by atoms with Crippen LogP contribution in [0.1, 0.15) is 27.2 Å². The number of furan rings is 1. The van der Waals surface area contributed by atoms with Crippen molar-refractivity contribution in [3.8, 4) is 0 Å². The molecule has 0 atom stereocenters. The summed E-state index contributed by atoms with van der Waals surface area (Å²) < 4.78 is 5.26. The predicted octanol–water partition coefficient (Wildman–Crippen LogP) is 4.81. The van der Waals surface area contributed by atoms with Crippen LogP contribution in [0.2, 0.25) is 5.02 Å². The number of hydrogen-bond donors (Lipinski definition) is 2. The maximum absolute atomic E-state index is 12.5. The number of halogens is 1. The molecule has 3 aromatic rings. The molecule has 6 heteroatoms. The van der Waals surface area contributed by atoms with Gasteiger partial charge >= 0.3 is 0 Å². The van der Waals surface area contributed by atoms with Crippen LogP contribution in [0.3, 0.4) is 0 Å². The van der Waals surface area contributed by atoms with E-state index in [0.29, 0.717) is 28.6 Å². The number of carbonyl (C=O) groups excluding carboxylic acids is 1. The molecule has 1 amide bonds. The van der Waals surface area contributed by atoms with Crippen LogP contribution in [0.25, 0.3) is 0 Å². The molecular weight excluding hydrogens is 338 g/mol. The average molecular weight is 356 g/mol. The summed E-state index contributed by atoms with van der Waals surface area (Å²) in [5, 5.41) is 6.52. The highest BCUT2D eigenvalue weighted by atomic mass is 35.5. The Balaban J connectivity index is 1.73. The molecule has 0 spiro atoms. The first kappa shape index (κ1) is 17.0. The summed E-state index contributed by atoms with van der Waals surface area (Å²) in [5.41, 5.74) is 3.09. The molecule has 0 aliphatic carbocycles. The van der Waals surface area contributed by atoms with E-state index in [9.17, 15) is 4.79 Å². The van der Waals surface area contributed by atoms with E-state index in [2.05, 4.69) is 15.6 Å². The van der Waals surface area contributed by atoms with Gasteiger partial charge in [0.15, 0.2) is 0 Å². The van der Waals surface area contributed by atoms with Crippen molar-refractivity contribution in [2.45, 2.75) is 20.4 Å². The molecule has 2 aromatic heterocycles. The molecule has 0 fully saturated rings. The molecule has 128 valence electrons. The topological polar surface area (TPSA) is 67.2 Å². The number of pyridine rings is 1. The molecule has 0 saturated carbocycles. The van der Waals surface area contributed by atoms with Crippen molar-refractivity contribution in [3.05, 3.63) is 76.3 Å². The highest BCUT2D eigenvalue weighted by molar-refractivity contribution is 6.34. The average Bonchev–Trinajstić information content (AvgIpc) is 3.10. The Morgan fingerprint density at radius 1 is 1.24 bits per heavy atom. The Hall–Kier alpha value is -2.79. The van der Waals surface area contributed by atoms with Crippen molar-refractivity contribution >= 4 is 29.0 Å². The third-order valence-electron chi connectivity index (χ3n) is 3.72. The number of nitrogens with one attached hydrogen (secondary N) is 2. The van der Waals surface area contributed by atoms with Gasteiger partial charge in [-0.15, -0.1) is 0 Å². The number of rotatable bonds is 5. The SMILES string of the molecule is Cc1cc(C)c(NC(=O)c2ccnc(NCc3ccco3)c2)c(Cl)c1. The fourth-order valence-corrected chi connectivity index (χ4v) is 2.89. The summed E-state index contributed by atoms with van der Waals surface area (Å²) in [5.74, 6) is 1.15. The van der Waals surface area contributed by atoms with E-state index >= 15 is 0 Å².